The van der Waals surface area contributed by atoms with E-state index in [0.717, 1.165) is 6.07 Å². The molecule has 0 saturated carbocycles. The lowest BCUT2D eigenvalue weighted by Gasteiger charge is -2.10. The van der Waals surface area contributed by atoms with E-state index < -0.39 is 23.6 Å². The van der Waals surface area contributed by atoms with Crippen molar-refractivity contribution < 1.29 is 18.4 Å². The summed E-state index contributed by atoms with van der Waals surface area (Å²) in [6, 6.07) is 9.81. The second-order valence-electron chi connectivity index (χ2n) is 4.66. The molecule has 0 aliphatic rings. The van der Waals surface area contributed by atoms with Crippen molar-refractivity contribution in [3.05, 3.63) is 54.1 Å². The molecule has 2 aromatic carbocycles. The highest BCUT2D eigenvalue weighted by Gasteiger charge is 2.09. The first-order valence-corrected chi connectivity index (χ1v) is 6.78. The minimum Gasteiger partial charge on any atom is -0.323 e. The van der Waals surface area contributed by atoms with E-state index in [2.05, 4.69) is 16.0 Å². The number of hydrogen-bond donors (Lipinski definition) is 3. The number of nitriles is 1. The van der Waals surface area contributed by atoms with Crippen LogP contribution < -0.4 is 16.0 Å². The Morgan fingerprint density at radius 1 is 0.958 bits per heavy atom. The first-order valence-electron chi connectivity index (χ1n) is 6.78. The van der Waals surface area contributed by atoms with E-state index >= 15 is 0 Å². The van der Waals surface area contributed by atoms with Crippen molar-refractivity contribution in [3.63, 3.8) is 0 Å². The molecule has 0 heterocycles. The fraction of sp³-hybridized carbons (Fsp3) is 0.0625. The van der Waals surface area contributed by atoms with Gasteiger partial charge in [0.15, 0.2) is 0 Å². The third-order valence-electron chi connectivity index (χ3n) is 2.84. The van der Waals surface area contributed by atoms with Gasteiger partial charge in [-0.3, -0.25) is 4.79 Å². The van der Waals surface area contributed by atoms with Crippen molar-refractivity contribution in [2.75, 3.05) is 16.0 Å². The average molecular weight is 330 g/mol. The molecule has 0 saturated heterocycles. The molecule has 2 rings (SSSR count). The Kier molecular flexibility index (Phi) is 5.41. The van der Waals surface area contributed by atoms with E-state index in [1.807, 2.05) is 0 Å². The topological polar surface area (TPSA) is 94.0 Å². The Morgan fingerprint density at radius 3 is 2.21 bits per heavy atom. The first-order chi connectivity index (χ1) is 11.5. The van der Waals surface area contributed by atoms with Crippen LogP contribution in [0.25, 0.3) is 0 Å². The van der Waals surface area contributed by atoms with Crippen LogP contribution in [0.15, 0.2) is 42.5 Å². The smallest absolute Gasteiger partial charge is 0.323 e. The first kappa shape index (κ1) is 16.9. The summed E-state index contributed by atoms with van der Waals surface area (Å²) < 4.78 is 26.6. The second kappa shape index (κ2) is 7.69. The molecule has 0 atom stereocenters. The summed E-state index contributed by atoms with van der Waals surface area (Å²) in [6.07, 6.45) is -0.389. The van der Waals surface area contributed by atoms with Crippen LogP contribution in [0.2, 0.25) is 0 Å². The predicted octanol–water partition coefficient (Wildman–Crippen LogP) is 3.46. The number of carbonyl (C=O) groups is 2. The van der Waals surface area contributed by atoms with E-state index in [0.29, 0.717) is 5.69 Å². The quantitative estimate of drug-likeness (QED) is 0.801. The van der Waals surface area contributed by atoms with Crippen LogP contribution in [0.5, 0.6) is 0 Å². The summed E-state index contributed by atoms with van der Waals surface area (Å²) in [5, 5.41) is 15.5. The molecular weight excluding hydrogens is 318 g/mol. The molecule has 0 aromatic heterocycles. The molecule has 3 N–H and O–H groups in total. The highest BCUT2D eigenvalue weighted by Crippen LogP contribution is 2.19. The van der Waals surface area contributed by atoms with Crippen LogP contribution in [-0.4, -0.2) is 11.9 Å². The van der Waals surface area contributed by atoms with Gasteiger partial charge in [0.2, 0.25) is 5.91 Å². The fourth-order valence-corrected chi connectivity index (χ4v) is 1.79. The molecule has 0 aliphatic heterocycles. The van der Waals surface area contributed by atoms with Crippen LogP contribution in [-0.2, 0) is 4.79 Å². The van der Waals surface area contributed by atoms with Gasteiger partial charge in [-0.25, -0.2) is 13.6 Å². The average Bonchev–Trinajstić information content (AvgIpc) is 2.52. The number of hydrogen-bond acceptors (Lipinski definition) is 3. The number of rotatable bonds is 4. The van der Waals surface area contributed by atoms with Gasteiger partial charge in [0.1, 0.15) is 18.1 Å². The number of urea groups is 1. The highest BCUT2D eigenvalue weighted by molar-refractivity contribution is 6.00. The summed E-state index contributed by atoms with van der Waals surface area (Å²) in [4.78, 5) is 23.0. The highest BCUT2D eigenvalue weighted by atomic mass is 19.1. The minimum atomic E-state index is -0.763. The molecule has 8 heteroatoms. The van der Waals surface area contributed by atoms with E-state index in [1.165, 1.54) is 36.4 Å². The van der Waals surface area contributed by atoms with Gasteiger partial charge >= 0.3 is 6.03 Å². The van der Waals surface area contributed by atoms with E-state index in [1.54, 1.807) is 6.07 Å². The van der Waals surface area contributed by atoms with Crippen molar-refractivity contribution in [2.45, 2.75) is 6.42 Å². The minimum absolute atomic E-state index is 0.0975. The molecule has 6 nitrogen and oxygen atoms in total. The Labute approximate surface area is 136 Å². The Morgan fingerprint density at radius 2 is 1.58 bits per heavy atom. The molecule has 0 bridgehead atoms. The van der Waals surface area contributed by atoms with Crippen molar-refractivity contribution in [1.82, 2.24) is 0 Å². The molecule has 0 unspecified atom stereocenters. The van der Waals surface area contributed by atoms with Crippen molar-refractivity contribution in [3.8, 4) is 6.07 Å². The van der Waals surface area contributed by atoms with Gasteiger partial charge in [0, 0.05) is 11.4 Å². The molecule has 2 aromatic rings. The standard InChI is InChI=1S/C16H12F2N4O2/c17-10-1-3-11(4-2-10)20-16(24)21-12-5-6-14(13(18)9-12)22-15(23)7-8-19/h1-6,9H,7H2,(H,22,23)(H2,20,21,24). The number of anilines is 3. The molecule has 0 radical (unpaired) electrons. The zero-order valence-corrected chi connectivity index (χ0v) is 12.3. The Balaban J connectivity index is 1.98. The third kappa shape index (κ3) is 4.78. The molecule has 24 heavy (non-hydrogen) atoms. The van der Waals surface area contributed by atoms with Gasteiger partial charge in [-0.2, -0.15) is 5.26 Å². The van der Waals surface area contributed by atoms with Crippen LogP contribution in [0.1, 0.15) is 6.42 Å². The lowest BCUT2D eigenvalue weighted by molar-refractivity contribution is -0.115. The van der Waals surface area contributed by atoms with E-state index in [4.69, 9.17) is 5.26 Å². The monoisotopic (exact) mass is 330 g/mol. The number of halogens is 2. The van der Waals surface area contributed by atoms with Gasteiger partial charge < -0.3 is 16.0 Å². The van der Waals surface area contributed by atoms with Crippen LogP contribution >= 0.6 is 0 Å². The lowest BCUT2D eigenvalue weighted by Crippen LogP contribution is -2.19. The number of carbonyl (C=O) groups excluding carboxylic acids is 2. The third-order valence-corrected chi connectivity index (χ3v) is 2.84. The fourth-order valence-electron chi connectivity index (χ4n) is 1.79. The van der Waals surface area contributed by atoms with Gasteiger partial charge in [0.05, 0.1) is 11.8 Å². The largest absolute Gasteiger partial charge is 0.323 e. The van der Waals surface area contributed by atoms with E-state index in [9.17, 15) is 18.4 Å². The molecule has 0 spiro atoms. The number of nitrogens with zero attached hydrogens (tertiary/aromatic N) is 1. The zero-order chi connectivity index (χ0) is 17.5. The van der Waals surface area contributed by atoms with Gasteiger partial charge in [-0.1, -0.05) is 0 Å². The summed E-state index contributed by atoms with van der Waals surface area (Å²) in [5.74, 6) is -1.83. The SMILES string of the molecule is N#CCC(=O)Nc1ccc(NC(=O)Nc2ccc(F)cc2)cc1F. The molecule has 0 aliphatic carbocycles. The Hall–Kier alpha value is -3.47. The van der Waals surface area contributed by atoms with Gasteiger partial charge in [0.25, 0.3) is 0 Å². The molecule has 3 amide bonds. The van der Waals surface area contributed by atoms with Crippen molar-refractivity contribution in [1.29, 1.82) is 5.26 Å². The van der Waals surface area contributed by atoms with Crippen LogP contribution in [0, 0.1) is 23.0 Å². The maximum atomic E-state index is 13.9. The van der Waals surface area contributed by atoms with Crippen molar-refractivity contribution in [2.24, 2.45) is 0 Å². The molecule has 122 valence electrons. The van der Waals surface area contributed by atoms with E-state index in [-0.39, 0.29) is 17.8 Å². The maximum Gasteiger partial charge on any atom is 0.323 e. The maximum absolute atomic E-state index is 13.9. The van der Waals surface area contributed by atoms with Gasteiger partial charge in [-0.05, 0) is 42.5 Å². The molecular formula is C16H12F2N4O2. The van der Waals surface area contributed by atoms with Gasteiger partial charge in [-0.15, -0.1) is 0 Å². The lowest BCUT2D eigenvalue weighted by atomic mass is 10.2. The molecule has 0 fully saturated rings. The number of benzene rings is 2. The zero-order valence-electron chi connectivity index (χ0n) is 12.3. The second-order valence-corrected chi connectivity index (χ2v) is 4.66. The summed E-state index contributed by atoms with van der Waals surface area (Å²) in [6.45, 7) is 0. The van der Waals surface area contributed by atoms with Crippen LogP contribution in [0.3, 0.4) is 0 Å². The normalized spacial score (nSPS) is 9.71. The van der Waals surface area contributed by atoms with Crippen molar-refractivity contribution >= 4 is 29.0 Å². The summed E-state index contributed by atoms with van der Waals surface area (Å²) in [7, 11) is 0. The summed E-state index contributed by atoms with van der Waals surface area (Å²) in [5.41, 5.74) is 0.430. The van der Waals surface area contributed by atoms with Crippen LogP contribution in [0.4, 0.5) is 30.6 Å². The number of nitrogens with one attached hydrogen (secondary N) is 3. The number of amides is 3. The predicted molar refractivity (Wildman–Crippen MR) is 84.3 cm³/mol. The Bertz CT molecular complexity index is 801. The summed E-state index contributed by atoms with van der Waals surface area (Å²) >= 11 is 0.